The Morgan fingerprint density at radius 2 is 2.00 bits per heavy atom. The van der Waals surface area contributed by atoms with E-state index in [1.165, 1.54) is 21.9 Å². The predicted molar refractivity (Wildman–Crippen MR) is 118 cm³/mol. The van der Waals surface area contributed by atoms with Crippen LogP contribution in [-0.4, -0.2) is 27.1 Å². The van der Waals surface area contributed by atoms with Crippen LogP contribution in [0.3, 0.4) is 0 Å². The van der Waals surface area contributed by atoms with Gasteiger partial charge in [0.05, 0.1) is 10.7 Å². The smallest absolute Gasteiger partial charge is 0.275 e. The van der Waals surface area contributed by atoms with Gasteiger partial charge in [0.2, 0.25) is 4.96 Å². The van der Waals surface area contributed by atoms with E-state index in [0.29, 0.717) is 32.9 Å². The average molecular weight is 457 g/mol. The van der Waals surface area contributed by atoms with E-state index >= 15 is 0 Å². The van der Waals surface area contributed by atoms with Crippen LogP contribution in [0.2, 0.25) is 5.02 Å². The summed E-state index contributed by atoms with van der Waals surface area (Å²) >= 11 is 7.35. The Hall–Kier alpha value is -3.43. The third-order valence-electron chi connectivity index (χ3n) is 4.10. The van der Waals surface area contributed by atoms with Crippen LogP contribution in [-0.2, 0) is 11.4 Å². The van der Waals surface area contributed by atoms with Gasteiger partial charge in [-0.2, -0.15) is 9.61 Å². The molecule has 2 aromatic carbocycles. The predicted octanol–water partition coefficient (Wildman–Crippen LogP) is 3.71. The highest BCUT2D eigenvalue weighted by molar-refractivity contribution is 7.16. The van der Waals surface area contributed by atoms with E-state index in [4.69, 9.17) is 21.1 Å². The second kappa shape index (κ2) is 9.15. The summed E-state index contributed by atoms with van der Waals surface area (Å²) in [5, 5.41) is 8.05. The van der Waals surface area contributed by atoms with E-state index in [2.05, 4.69) is 15.4 Å². The molecule has 0 saturated carbocycles. The lowest BCUT2D eigenvalue weighted by atomic mass is 10.3. The van der Waals surface area contributed by atoms with Crippen LogP contribution in [0.25, 0.3) is 4.96 Å². The number of hydrogen-bond donors (Lipinski definition) is 1. The number of nitrogens with one attached hydrogen (secondary N) is 1. The Morgan fingerprint density at radius 3 is 2.84 bits per heavy atom. The second-order valence-electron chi connectivity index (χ2n) is 6.48. The topological polar surface area (TPSA) is 94.8 Å². The molecular formula is C21H17ClN4O4S. The molecule has 0 aliphatic rings. The van der Waals surface area contributed by atoms with Gasteiger partial charge in [-0.3, -0.25) is 9.59 Å². The molecule has 1 N–H and O–H groups in total. The Morgan fingerprint density at radius 1 is 1.16 bits per heavy atom. The van der Waals surface area contributed by atoms with Gasteiger partial charge in [0, 0.05) is 17.8 Å². The third-order valence-corrected chi connectivity index (χ3v) is 5.24. The zero-order valence-electron chi connectivity index (χ0n) is 16.4. The number of amides is 1. The van der Waals surface area contributed by atoms with Crippen LogP contribution < -0.4 is 20.3 Å². The first-order chi connectivity index (χ1) is 15.0. The molecule has 31 heavy (non-hydrogen) atoms. The van der Waals surface area contributed by atoms with Crippen molar-refractivity contribution in [3.8, 4) is 11.5 Å². The quantitative estimate of drug-likeness (QED) is 0.455. The van der Waals surface area contributed by atoms with E-state index < -0.39 is 0 Å². The Bertz CT molecular complexity index is 1300. The fourth-order valence-electron chi connectivity index (χ4n) is 2.75. The summed E-state index contributed by atoms with van der Waals surface area (Å²) in [4.78, 5) is 29.2. The number of halogens is 1. The van der Waals surface area contributed by atoms with Crippen LogP contribution in [0.15, 0.2) is 59.4 Å². The number of anilines is 1. The van der Waals surface area contributed by atoms with E-state index in [-0.39, 0.29) is 24.7 Å². The molecule has 0 aliphatic carbocycles. The van der Waals surface area contributed by atoms with Gasteiger partial charge < -0.3 is 14.8 Å². The average Bonchev–Trinajstić information content (AvgIpc) is 3.13. The lowest BCUT2D eigenvalue weighted by Crippen LogP contribution is -2.20. The van der Waals surface area contributed by atoms with Crippen LogP contribution in [0.4, 0.5) is 5.69 Å². The number of rotatable bonds is 7. The molecule has 0 bridgehead atoms. The number of aromatic nitrogens is 3. The molecule has 4 aromatic rings. The van der Waals surface area contributed by atoms with Gasteiger partial charge >= 0.3 is 0 Å². The van der Waals surface area contributed by atoms with E-state index in [0.717, 1.165) is 5.01 Å². The normalized spacial score (nSPS) is 10.8. The number of benzene rings is 2. The maximum Gasteiger partial charge on any atom is 0.275 e. The van der Waals surface area contributed by atoms with Crippen molar-refractivity contribution in [3.63, 3.8) is 0 Å². The zero-order valence-corrected chi connectivity index (χ0v) is 17.9. The largest absolute Gasteiger partial charge is 0.487 e. The molecule has 0 radical (unpaired) electrons. The van der Waals surface area contributed by atoms with Crippen molar-refractivity contribution in [3.05, 3.63) is 80.7 Å². The Balaban J connectivity index is 1.36. The molecule has 4 rings (SSSR count). The minimum Gasteiger partial charge on any atom is -0.487 e. The van der Waals surface area contributed by atoms with E-state index in [9.17, 15) is 9.59 Å². The van der Waals surface area contributed by atoms with Crippen molar-refractivity contribution < 1.29 is 14.3 Å². The van der Waals surface area contributed by atoms with Crippen molar-refractivity contribution in [2.75, 3.05) is 11.9 Å². The van der Waals surface area contributed by atoms with E-state index in [1.54, 1.807) is 48.5 Å². The summed E-state index contributed by atoms with van der Waals surface area (Å²) < 4.78 is 12.4. The number of para-hydroxylation sites is 1. The van der Waals surface area contributed by atoms with Gasteiger partial charge in [0.25, 0.3) is 11.5 Å². The number of fused-ring (bicyclic) bond motifs is 1. The first-order valence-corrected chi connectivity index (χ1v) is 10.4. The molecule has 0 unspecified atom stereocenters. The first-order valence-electron chi connectivity index (χ1n) is 9.24. The molecule has 0 fully saturated rings. The van der Waals surface area contributed by atoms with Gasteiger partial charge in [-0.1, -0.05) is 41.1 Å². The summed E-state index contributed by atoms with van der Waals surface area (Å²) in [6, 6.07) is 15.2. The molecule has 2 heterocycles. The van der Waals surface area contributed by atoms with Crippen LogP contribution in [0, 0.1) is 6.92 Å². The number of nitrogens with zero attached hydrogens (tertiary/aromatic N) is 3. The van der Waals surface area contributed by atoms with Crippen LogP contribution in [0.1, 0.15) is 10.7 Å². The van der Waals surface area contributed by atoms with E-state index in [1.807, 2.05) is 6.92 Å². The van der Waals surface area contributed by atoms with Gasteiger partial charge in [0.15, 0.2) is 6.61 Å². The maximum atomic E-state index is 12.2. The highest BCUT2D eigenvalue weighted by Gasteiger charge is 2.09. The lowest BCUT2D eigenvalue weighted by molar-refractivity contribution is -0.118. The number of carbonyl (C=O) groups is 1. The highest BCUT2D eigenvalue weighted by atomic mass is 35.5. The highest BCUT2D eigenvalue weighted by Crippen LogP contribution is 2.23. The number of ether oxygens (including phenoxy) is 2. The summed E-state index contributed by atoms with van der Waals surface area (Å²) in [7, 11) is 0. The fourth-order valence-corrected chi connectivity index (χ4v) is 3.71. The molecule has 0 saturated heterocycles. The SMILES string of the molecule is Cc1nn2c(=O)cc(COc3cccc(NC(=O)COc4ccccc4Cl)c3)nc2s1. The summed E-state index contributed by atoms with van der Waals surface area (Å²) in [5.41, 5.74) is 0.788. The lowest BCUT2D eigenvalue weighted by Gasteiger charge is -2.10. The molecular weight excluding hydrogens is 440 g/mol. The number of carbonyl (C=O) groups excluding carboxylic acids is 1. The standard InChI is InChI=1S/C21H17ClN4O4S/c1-13-25-26-20(28)10-15(24-21(26)31-13)11-29-16-6-4-5-14(9-16)23-19(27)12-30-18-8-3-2-7-17(18)22/h2-10H,11-12H2,1H3,(H,23,27). The molecule has 10 heteroatoms. The Labute approximate surface area is 186 Å². The number of hydrogen-bond acceptors (Lipinski definition) is 7. The van der Waals surface area contributed by atoms with Gasteiger partial charge in [0.1, 0.15) is 23.1 Å². The van der Waals surface area contributed by atoms with Crippen molar-refractivity contribution in [1.29, 1.82) is 0 Å². The molecule has 0 atom stereocenters. The van der Waals surface area contributed by atoms with Crippen LogP contribution in [0.5, 0.6) is 11.5 Å². The third kappa shape index (κ3) is 5.19. The number of aryl methyl sites for hydroxylation is 1. The zero-order chi connectivity index (χ0) is 21.8. The molecule has 0 spiro atoms. The van der Waals surface area contributed by atoms with Gasteiger partial charge in [-0.15, -0.1) is 0 Å². The van der Waals surface area contributed by atoms with Crippen molar-refractivity contribution >= 4 is 39.5 Å². The minimum atomic E-state index is -0.335. The molecule has 8 nitrogen and oxygen atoms in total. The molecule has 158 valence electrons. The second-order valence-corrected chi connectivity index (χ2v) is 8.05. The molecule has 1 amide bonds. The van der Waals surface area contributed by atoms with Gasteiger partial charge in [-0.05, 0) is 31.2 Å². The molecule has 0 aliphatic heterocycles. The monoisotopic (exact) mass is 456 g/mol. The summed E-state index contributed by atoms with van der Waals surface area (Å²) in [6.07, 6.45) is 0. The summed E-state index contributed by atoms with van der Waals surface area (Å²) in [5.74, 6) is 0.623. The van der Waals surface area contributed by atoms with Crippen molar-refractivity contribution in [1.82, 2.24) is 14.6 Å². The minimum absolute atomic E-state index is 0.107. The van der Waals surface area contributed by atoms with Crippen molar-refractivity contribution in [2.24, 2.45) is 0 Å². The van der Waals surface area contributed by atoms with Crippen molar-refractivity contribution in [2.45, 2.75) is 13.5 Å². The Kier molecular flexibility index (Phi) is 6.15. The molecule has 2 aromatic heterocycles. The summed E-state index contributed by atoms with van der Waals surface area (Å²) in [6.45, 7) is 1.74. The first kappa shape index (κ1) is 20.8. The fraction of sp³-hybridized carbons (Fsp3) is 0.143. The maximum absolute atomic E-state index is 12.2. The van der Waals surface area contributed by atoms with Gasteiger partial charge in [-0.25, -0.2) is 4.98 Å². The van der Waals surface area contributed by atoms with Crippen LogP contribution >= 0.6 is 22.9 Å².